The Hall–Kier alpha value is -0.870. The van der Waals surface area contributed by atoms with E-state index in [1.807, 2.05) is 32.0 Å². The van der Waals surface area contributed by atoms with Gasteiger partial charge in [0.2, 0.25) is 0 Å². The second kappa shape index (κ2) is 6.17. The van der Waals surface area contributed by atoms with Crippen LogP contribution >= 0.6 is 15.9 Å². The van der Waals surface area contributed by atoms with Crippen LogP contribution in [-0.2, 0) is 0 Å². The van der Waals surface area contributed by atoms with Crippen LogP contribution in [0.5, 0.6) is 0 Å². The molecule has 17 heavy (non-hydrogen) atoms. The number of hydrogen-bond acceptors (Lipinski definition) is 2. The number of halogens is 1. The number of nitrogens with one attached hydrogen (secondary N) is 1. The zero-order chi connectivity index (χ0) is 12.9. The van der Waals surface area contributed by atoms with E-state index in [2.05, 4.69) is 21.2 Å². The third-order valence-electron chi connectivity index (χ3n) is 3.01. The lowest BCUT2D eigenvalue weighted by atomic mass is 9.97. The predicted molar refractivity (Wildman–Crippen MR) is 72.0 cm³/mol. The Morgan fingerprint density at radius 3 is 2.47 bits per heavy atom. The molecule has 94 valence electrons. The minimum atomic E-state index is -0.809. The van der Waals surface area contributed by atoms with Crippen molar-refractivity contribution in [1.82, 2.24) is 5.32 Å². The van der Waals surface area contributed by atoms with Crippen molar-refractivity contribution in [2.75, 3.05) is 6.54 Å². The Kier molecular flexibility index (Phi) is 5.15. The zero-order valence-corrected chi connectivity index (χ0v) is 11.8. The molecule has 0 unspecified atom stereocenters. The molecule has 3 nitrogen and oxygen atoms in total. The van der Waals surface area contributed by atoms with Crippen LogP contribution < -0.4 is 5.32 Å². The molecule has 0 atom stereocenters. The summed E-state index contributed by atoms with van der Waals surface area (Å²) >= 11 is 3.33. The lowest BCUT2D eigenvalue weighted by Crippen LogP contribution is -2.42. The molecule has 1 rings (SSSR count). The van der Waals surface area contributed by atoms with Crippen LogP contribution in [-0.4, -0.2) is 23.2 Å². The quantitative estimate of drug-likeness (QED) is 0.878. The van der Waals surface area contributed by atoms with E-state index in [1.54, 1.807) is 6.07 Å². The first-order valence-electron chi connectivity index (χ1n) is 5.77. The van der Waals surface area contributed by atoms with Gasteiger partial charge in [0.25, 0.3) is 5.91 Å². The number of rotatable bonds is 5. The second-order valence-electron chi connectivity index (χ2n) is 4.09. The molecule has 0 fully saturated rings. The number of aliphatic hydroxyl groups is 1. The Bertz CT molecular complexity index is 389. The van der Waals surface area contributed by atoms with Gasteiger partial charge in [0, 0.05) is 11.0 Å². The van der Waals surface area contributed by atoms with Crippen LogP contribution in [0.25, 0.3) is 0 Å². The van der Waals surface area contributed by atoms with E-state index in [9.17, 15) is 9.90 Å². The highest BCUT2D eigenvalue weighted by atomic mass is 79.9. The minimum absolute atomic E-state index is 0.169. The number of amides is 1. The van der Waals surface area contributed by atoms with Crippen LogP contribution in [0, 0.1) is 0 Å². The summed E-state index contributed by atoms with van der Waals surface area (Å²) in [4.78, 5) is 11.9. The summed E-state index contributed by atoms with van der Waals surface area (Å²) in [6, 6.07) is 7.23. The Morgan fingerprint density at radius 1 is 1.35 bits per heavy atom. The fraction of sp³-hybridized carbons (Fsp3) is 0.462. The van der Waals surface area contributed by atoms with E-state index < -0.39 is 5.60 Å². The van der Waals surface area contributed by atoms with Gasteiger partial charge in [-0.2, -0.15) is 0 Å². The lowest BCUT2D eigenvalue weighted by Gasteiger charge is -2.25. The van der Waals surface area contributed by atoms with Crippen molar-refractivity contribution >= 4 is 21.8 Å². The van der Waals surface area contributed by atoms with Gasteiger partial charge in [-0.05, 0) is 40.9 Å². The largest absolute Gasteiger partial charge is 0.388 e. The number of carbonyl (C=O) groups is 1. The van der Waals surface area contributed by atoms with Gasteiger partial charge in [-0.3, -0.25) is 4.79 Å². The Balaban J connectivity index is 2.65. The number of hydrogen-bond donors (Lipinski definition) is 2. The molecule has 0 saturated carbocycles. The molecule has 4 heteroatoms. The lowest BCUT2D eigenvalue weighted by molar-refractivity contribution is 0.0314. The van der Waals surface area contributed by atoms with Gasteiger partial charge >= 0.3 is 0 Å². The van der Waals surface area contributed by atoms with E-state index in [-0.39, 0.29) is 12.5 Å². The molecular formula is C13H18BrNO2. The van der Waals surface area contributed by atoms with Gasteiger partial charge in [-0.15, -0.1) is 0 Å². The van der Waals surface area contributed by atoms with E-state index in [4.69, 9.17) is 0 Å². The Morgan fingerprint density at radius 2 is 1.94 bits per heavy atom. The van der Waals surface area contributed by atoms with Gasteiger partial charge in [0.05, 0.1) is 11.2 Å². The van der Waals surface area contributed by atoms with Crippen LogP contribution in [0.15, 0.2) is 28.7 Å². The molecule has 0 bridgehead atoms. The maximum Gasteiger partial charge on any atom is 0.252 e. The van der Waals surface area contributed by atoms with Gasteiger partial charge < -0.3 is 10.4 Å². The third kappa shape index (κ3) is 3.82. The minimum Gasteiger partial charge on any atom is -0.388 e. The summed E-state index contributed by atoms with van der Waals surface area (Å²) in [7, 11) is 0. The first-order chi connectivity index (χ1) is 8.02. The smallest absolute Gasteiger partial charge is 0.252 e. The average molecular weight is 300 g/mol. The molecule has 0 heterocycles. The summed E-state index contributed by atoms with van der Waals surface area (Å²) in [5, 5.41) is 12.8. The van der Waals surface area contributed by atoms with Crippen molar-refractivity contribution in [2.24, 2.45) is 0 Å². The van der Waals surface area contributed by atoms with Crippen molar-refractivity contribution in [3.63, 3.8) is 0 Å². The Labute approximate surface area is 110 Å². The first-order valence-corrected chi connectivity index (χ1v) is 6.57. The van der Waals surface area contributed by atoms with Crippen molar-refractivity contribution in [3.05, 3.63) is 34.3 Å². The highest BCUT2D eigenvalue weighted by molar-refractivity contribution is 9.10. The number of benzene rings is 1. The molecule has 0 aliphatic rings. The van der Waals surface area contributed by atoms with Crippen molar-refractivity contribution in [2.45, 2.75) is 32.3 Å². The van der Waals surface area contributed by atoms with Gasteiger partial charge in [0.1, 0.15) is 0 Å². The van der Waals surface area contributed by atoms with E-state index in [0.717, 1.165) is 4.47 Å². The maximum atomic E-state index is 11.9. The van der Waals surface area contributed by atoms with Gasteiger partial charge in [-0.1, -0.05) is 26.0 Å². The van der Waals surface area contributed by atoms with E-state index in [1.165, 1.54) is 0 Å². The number of carbonyl (C=O) groups excluding carboxylic acids is 1. The molecule has 1 aromatic rings. The van der Waals surface area contributed by atoms with Crippen LogP contribution in [0.4, 0.5) is 0 Å². The molecule has 1 aromatic carbocycles. The SMILES string of the molecule is CCC(O)(CC)CNC(=O)c1ccccc1Br. The van der Waals surface area contributed by atoms with Crippen molar-refractivity contribution in [3.8, 4) is 0 Å². The molecule has 2 N–H and O–H groups in total. The standard InChI is InChI=1S/C13H18BrNO2/c1-3-13(17,4-2)9-15-12(16)10-7-5-6-8-11(10)14/h5-8,17H,3-4,9H2,1-2H3,(H,15,16). The topological polar surface area (TPSA) is 49.3 Å². The molecule has 0 saturated heterocycles. The maximum absolute atomic E-state index is 11.9. The van der Waals surface area contributed by atoms with Gasteiger partial charge in [0.15, 0.2) is 0 Å². The van der Waals surface area contributed by atoms with Crippen LogP contribution in [0.1, 0.15) is 37.0 Å². The first kappa shape index (κ1) is 14.2. The van der Waals surface area contributed by atoms with Crippen molar-refractivity contribution < 1.29 is 9.90 Å². The summed E-state index contributed by atoms with van der Waals surface area (Å²) in [6.07, 6.45) is 1.25. The molecule has 0 spiro atoms. The van der Waals surface area contributed by atoms with Gasteiger partial charge in [-0.25, -0.2) is 0 Å². The molecule has 1 amide bonds. The summed E-state index contributed by atoms with van der Waals surface area (Å²) < 4.78 is 0.758. The summed E-state index contributed by atoms with van der Waals surface area (Å²) in [5.74, 6) is -0.169. The highest BCUT2D eigenvalue weighted by Gasteiger charge is 2.23. The van der Waals surface area contributed by atoms with E-state index >= 15 is 0 Å². The predicted octanol–water partition coefficient (Wildman–Crippen LogP) is 2.73. The van der Waals surface area contributed by atoms with Crippen LogP contribution in [0.2, 0.25) is 0 Å². The fourth-order valence-electron chi connectivity index (χ4n) is 1.49. The average Bonchev–Trinajstić information content (AvgIpc) is 2.36. The molecular weight excluding hydrogens is 282 g/mol. The zero-order valence-electron chi connectivity index (χ0n) is 10.2. The van der Waals surface area contributed by atoms with Crippen molar-refractivity contribution in [1.29, 1.82) is 0 Å². The monoisotopic (exact) mass is 299 g/mol. The van der Waals surface area contributed by atoms with E-state index in [0.29, 0.717) is 18.4 Å². The molecule has 0 aliphatic heterocycles. The normalized spacial score (nSPS) is 11.3. The summed E-state index contributed by atoms with van der Waals surface area (Å²) in [5.41, 5.74) is -0.223. The van der Waals surface area contributed by atoms with Crippen LogP contribution in [0.3, 0.4) is 0 Å². The third-order valence-corrected chi connectivity index (χ3v) is 3.70. The molecule has 0 aliphatic carbocycles. The molecule has 0 radical (unpaired) electrons. The highest BCUT2D eigenvalue weighted by Crippen LogP contribution is 2.17. The second-order valence-corrected chi connectivity index (χ2v) is 4.95. The summed E-state index contributed by atoms with van der Waals surface area (Å²) in [6.45, 7) is 4.10. The molecule has 0 aromatic heterocycles. The fourth-order valence-corrected chi connectivity index (χ4v) is 1.95.